The Balaban J connectivity index is 2.41. The van der Waals surface area contributed by atoms with Gasteiger partial charge in [-0.25, -0.2) is 4.79 Å². The van der Waals surface area contributed by atoms with Gasteiger partial charge in [0.05, 0.1) is 19.3 Å². The molecule has 1 amide bonds. The first kappa shape index (κ1) is 23.2. The van der Waals surface area contributed by atoms with Crippen molar-refractivity contribution in [2.45, 2.75) is 83.3 Å². The summed E-state index contributed by atoms with van der Waals surface area (Å²) in [6, 6.07) is 9.02. The molecule has 0 heterocycles. The lowest BCUT2D eigenvalue weighted by atomic mass is 9.96. The van der Waals surface area contributed by atoms with Crippen LogP contribution in [0.1, 0.15) is 70.3 Å². The number of carbonyl (C=O) groups is 2. The second-order valence-electron chi connectivity index (χ2n) is 7.11. The second-order valence-corrected chi connectivity index (χ2v) is 7.11. The molecule has 5 nitrogen and oxygen atoms in total. The molecule has 0 saturated carbocycles. The predicted octanol–water partition coefficient (Wildman–Crippen LogP) is 4.41. The van der Waals surface area contributed by atoms with Gasteiger partial charge in [-0.2, -0.15) is 0 Å². The van der Waals surface area contributed by atoms with Crippen molar-refractivity contribution in [2.24, 2.45) is 0 Å². The lowest BCUT2D eigenvalue weighted by molar-refractivity contribution is -0.121. The minimum Gasteiger partial charge on any atom is -0.453 e. The van der Waals surface area contributed by atoms with Gasteiger partial charge >= 0.3 is 6.09 Å². The molecule has 5 heteroatoms. The molecule has 0 aliphatic carbocycles. The van der Waals surface area contributed by atoms with Crippen molar-refractivity contribution in [2.75, 3.05) is 7.11 Å². The standard InChI is InChI=1S/C22H35NO4/c1-3-4-5-6-7-8-12-15-19(24)17-21(25)20(23-22(26)27-2)16-18-13-10-9-11-14-18/h9-11,13-14,20-21,25H,3-8,12,15-17H2,1-2H3,(H,23,26)/t20-,21+/m0/s1. The molecule has 0 aromatic heterocycles. The van der Waals surface area contributed by atoms with E-state index in [1.807, 2.05) is 30.3 Å². The molecule has 2 N–H and O–H groups in total. The van der Waals surface area contributed by atoms with Gasteiger partial charge in [0.2, 0.25) is 0 Å². The van der Waals surface area contributed by atoms with Gasteiger partial charge in [-0.15, -0.1) is 0 Å². The Labute approximate surface area is 163 Å². The van der Waals surface area contributed by atoms with Crippen LogP contribution < -0.4 is 5.32 Å². The highest BCUT2D eigenvalue weighted by atomic mass is 16.5. The number of amides is 1. The number of ether oxygens (including phenoxy) is 1. The summed E-state index contributed by atoms with van der Waals surface area (Å²) in [5.41, 5.74) is 0.984. The Hall–Kier alpha value is -1.88. The van der Waals surface area contributed by atoms with Gasteiger partial charge in [-0.05, 0) is 18.4 Å². The first-order valence-electron chi connectivity index (χ1n) is 10.1. The highest BCUT2D eigenvalue weighted by Crippen LogP contribution is 2.13. The van der Waals surface area contributed by atoms with Gasteiger partial charge in [-0.3, -0.25) is 4.79 Å². The number of carbonyl (C=O) groups excluding carboxylic acids is 2. The average Bonchev–Trinajstić information content (AvgIpc) is 2.67. The van der Waals surface area contributed by atoms with Crippen molar-refractivity contribution >= 4 is 11.9 Å². The van der Waals surface area contributed by atoms with Crippen molar-refractivity contribution in [3.63, 3.8) is 0 Å². The van der Waals surface area contributed by atoms with Crippen LogP contribution in [-0.4, -0.2) is 36.2 Å². The lowest BCUT2D eigenvalue weighted by Gasteiger charge is -2.23. The van der Waals surface area contributed by atoms with E-state index in [-0.39, 0.29) is 12.2 Å². The van der Waals surface area contributed by atoms with E-state index >= 15 is 0 Å². The molecule has 0 aliphatic rings. The number of hydrogen-bond acceptors (Lipinski definition) is 4. The van der Waals surface area contributed by atoms with Crippen LogP contribution in [0.3, 0.4) is 0 Å². The molecule has 0 unspecified atom stereocenters. The maximum Gasteiger partial charge on any atom is 0.407 e. The largest absolute Gasteiger partial charge is 0.453 e. The van der Waals surface area contributed by atoms with Gasteiger partial charge in [-0.1, -0.05) is 75.8 Å². The van der Waals surface area contributed by atoms with Crippen molar-refractivity contribution in [3.05, 3.63) is 35.9 Å². The smallest absolute Gasteiger partial charge is 0.407 e. The number of benzene rings is 1. The molecule has 152 valence electrons. The minimum absolute atomic E-state index is 0.0424. The number of Topliss-reactive ketones (excluding diaryl/α,β-unsaturated/α-hetero) is 1. The van der Waals surface area contributed by atoms with Crippen molar-refractivity contribution in [1.82, 2.24) is 5.32 Å². The number of aliphatic hydroxyl groups excluding tert-OH is 1. The van der Waals surface area contributed by atoms with E-state index in [0.29, 0.717) is 12.8 Å². The van der Waals surface area contributed by atoms with E-state index in [1.165, 1.54) is 32.8 Å². The molecule has 0 spiro atoms. The summed E-state index contributed by atoms with van der Waals surface area (Å²) in [5, 5.41) is 13.1. The van der Waals surface area contributed by atoms with E-state index in [1.54, 1.807) is 0 Å². The third-order valence-electron chi connectivity index (χ3n) is 4.75. The van der Waals surface area contributed by atoms with Crippen LogP contribution in [0.4, 0.5) is 4.79 Å². The zero-order valence-corrected chi connectivity index (χ0v) is 16.8. The Morgan fingerprint density at radius 3 is 2.30 bits per heavy atom. The molecular formula is C22H35NO4. The van der Waals surface area contributed by atoms with Crippen LogP contribution in [0, 0.1) is 0 Å². The van der Waals surface area contributed by atoms with E-state index < -0.39 is 18.2 Å². The Morgan fingerprint density at radius 1 is 1.04 bits per heavy atom. The third-order valence-corrected chi connectivity index (χ3v) is 4.75. The number of nitrogens with one attached hydrogen (secondary N) is 1. The fourth-order valence-corrected chi connectivity index (χ4v) is 3.12. The zero-order chi connectivity index (χ0) is 19.9. The fraction of sp³-hybridized carbons (Fsp3) is 0.636. The second kappa shape index (κ2) is 14.2. The van der Waals surface area contributed by atoms with E-state index in [4.69, 9.17) is 0 Å². The summed E-state index contributed by atoms with van der Waals surface area (Å²) in [6.45, 7) is 2.20. The number of aliphatic hydroxyl groups is 1. The number of methoxy groups -OCH3 is 1. The summed E-state index contributed by atoms with van der Waals surface area (Å²) in [7, 11) is 1.28. The van der Waals surface area contributed by atoms with Crippen LogP contribution in [0.15, 0.2) is 30.3 Å². The summed E-state index contributed by atoms with van der Waals surface area (Å²) < 4.78 is 4.65. The van der Waals surface area contributed by atoms with Crippen molar-refractivity contribution < 1.29 is 19.4 Å². The number of ketones is 1. The Kier molecular flexibility index (Phi) is 12.2. The monoisotopic (exact) mass is 377 g/mol. The molecule has 0 fully saturated rings. The van der Waals surface area contributed by atoms with Crippen LogP contribution >= 0.6 is 0 Å². The fourth-order valence-electron chi connectivity index (χ4n) is 3.12. The van der Waals surface area contributed by atoms with E-state index in [9.17, 15) is 14.7 Å². The number of alkyl carbamates (subject to hydrolysis) is 1. The van der Waals surface area contributed by atoms with Crippen LogP contribution in [-0.2, 0) is 16.0 Å². The van der Waals surface area contributed by atoms with Crippen molar-refractivity contribution in [3.8, 4) is 0 Å². The Morgan fingerprint density at radius 2 is 1.67 bits per heavy atom. The SMILES string of the molecule is CCCCCCCCCC(=O)C[C@@H](O)[C@H](Cc1ccccc1)NC(=O)OC. The average molecular weight is 378 g/mol. The van der Waals surface area contributed by atoms with E-state index in [0.717, 1.165) is 24.8 Å². The van der Waals surface area contributed by atoms with Gasteiger partial charge in [0.1, 0.15) is 5.78 Å². The number of rotatable bonds is 14. The van der Waals surface area contributed by atoms with Crippen LogP contribution in [0.2, 0.25) is 0 Å². The molecule has 0 radical (unpaired) electrons. The maximum absolute atomic E-state index is 12.2. The Bertz CT molecular complexity index is 532. The molecule has 0 bridgehead atoms. The first-order valence-corrected chi connectivity index (χ1v) is 10.1. The molecule has 0 saturated heterocycles. The molecular weight excluding hydrogens is 342 g/mol. The first-order chi connectivity index (χ1) is 13.1. The quantitative estimate of drug-likeness (QED) is 0.471. The summed E-state index contributed by atoms with van der Waals surface area (Å²) in [4.78, 5) is 23.8. The lowest BCUT2D eigenvalue weighted by Crippen LogP contribution is -2.45. The maximum atomic E-state index is 12.2. The zero-order valence-electron chi connectivity index (χ0n) is 16.8. The number of unbranched alkanes of at least 4 members (excludes halogenated alkanes) is 6. The van der Waals surface area contributed by atoms with Gasteiger partial charge < -0.3 is 15.2 Å². The third kappa shape index (κ3) is 10.8. The molecule has 2 atom stereocenters. The topological polar surface area (TPSA) is 75.6 Å². The molecule has 0 aliphatic heterocycles. The molecule has 1 rings (SSSR count). The minimum atomic E-state index is -0.929. The van der Waals surface area contributed by atoms with Crippen molar-refractivity contribution in [1.29, 1.82) is 0 Å². The molecule has 1 aromatic carbocycles. The van der Waals surface area contributed by atoms with Gasteiger partial charge in [0, 0.05) is 12.8 Å². The van der Waals surface area contributed by atoms with Gasteiger partial charge in [0.25, 0.3) is 0 Å². The molecule has 27 heavy (non-hydrogen) atoms. The van der Waals surface area contributed by atoms with Gasteiger partial charge in [0.15, 0.2) is 0 Å². The molecule has 1 aromatic rings. The number of hydrogen-bond donors (Lipinski definition) is 2. The predicted molar refractivity (Wildman–Crippen MR) is 108 cm³/mol. The normalized spacial score (nSPS) is 13.0. The van der Waals surface area contributed by atoms with E-state index in [2.05, 4.69) is 17.0 Å². The summed E-state index contributed by atoms with van der Waals surface area (Å²) >= 11 is 0. The summed E-state index contributed by atoms with van der Waals surface area (Å²) in [5.74, 6) is 0.0424. The van der Waals surface area contributed by atoms with Crippen LogP contribution in [0.5, 0.6) is 0 Å². The summed E-state index contributed by atoms with van der Waals surface area (Å²) in [6.07, 6.45) is 7.55. The highest BCUT2D eigenvalue weighted by Gasteiger charge is 2.24. The van der Waals surface area contributed by atoms with Crippen LogP contribution in [0.25, 0.3) is 0 Å². The highest BCUT2D eigenvalue weighted by molar-refractivity contribution is 5.79.